The summed E-state index contributed by atoms with van der Waals surface area (Å²) in [5, 5.41) is 5.41. The van der Waals surface area contributed by atoms with Crippen molar-refractivity contribution in [3.05, 3.63) is 76.9 Å². The van der Waals surface area contributed by atoms with Crippen molar-refractivity contribution in [2.75, 3.05) is 12.8 Å². The van der Waals surface area contributed by atoms with Crippen molar-refractivity contribution < 1.29 is 14.0 Å². The number of hydrogen-bond acceptors (Lipinski definition) is 5. The highest BCUT2D eigenvalue weighted by Gasteiger charge is 2.24. The second-order valence-corrected chi connectivity index (χ2v) is 7.06. The number of halogens is 1. The van der Waals surface area contributed by atoms with Gasteiger partial charge in [0, 0.05) is 18.2 Å². The van der Waals surface area contributed by atoms with Gasteiger partial charge in [-0.2, -0.15) is 0 Å². The number of aromatic nitrogens is 2. The summed E-state index contributed by atoms with van der Waals surface area (Å²) >= 11 is 0. The molecule has 0 saturated carbocycles. The Hall–Kier alpha value is -3.81. The Balaban J connectivity index is 1.63. The quantitative estimate of drug-likeness (QED) is 0.618. The first-order valence-electron chi connectivity index (χ1n) is 9.50. The predicted octanol–water partition coefficient (Wildman–Crippen LogP) is 2.64. The molecule has 3 aromatic rings. The molecule has 1 aliphatic carbocycles. The van der Waals surface area contributed by atoms with Gasteiger partial charge in [0.25, 0.3) is 11.8 Å². The van der Waals surface area contributed by atoms with Crippen molar-refractivity contribution in [3.8, 4) is 11.3 Å². The molecule has 7 nitrogen and oxygen atoms in total. The summed E-state index contributed by atoms with van der Waals surface area (Å²) in [6.07, 6.45) is 3.02. The largest absolute Gasteiger partial charge is 0.382 e. The molecule has 0 saturated heterocycles. The molecule has 0 radical (unpaired) electrons. The Bertz CT molecular complexity index is 1150. The van der Waals surface area contributed by atoms with Gasteiger partial charge in [-0.1, -0.05) is 24.3 Å². The molecule has 1 aliphatic rings. The van der Waals surface area contributed by atoms with E-state index in [0.29, 0.717) is 5.56 Å². The number of nitrogens with one attached hydrogen (secondary N) is 2. The monoisotopic (exact) mass is 405 g/mol. The second-order valence-electron chi connectivity index (χ2n) is 7.06. The Morgan fingerprint density at radius 3 is 2.77 bits per heavy atom. The molecule has 4 rings (SSSR count). The second kappa shape index (κ2) is 7.90. The zero-order chi connectivity index (χ0) is 21.3. The van der Waals surface area contributed by atoms with Gasteiger partial charge in [0.2, 0.25) is 0 Å². The first-order valence-corrected chi connectivity index (χ1v) is 9.50. The maximum absolute atomic E-state index is 14.3. The highest BCUT2D eigenvalue weighted by atomic mass is 19.1. The molecular formula is C22H20FN5O2. The van der Waals surface area contributed by atoms with E-state index in [0.717, 1.165) is 18.4 Å². The summed E-state index contributed by atoms with van der Waals surface area (Å²) in [4.78, 5) is 32.9. The number of hydrogen-bond donors (Lipinski definition) is 3. The number of nitrogens with zero attached hydrogens (tertiary/aromatic N) is 2. The van der Waals surface area contributed by atoms with Crippen LogP contribution in [0.25, 0.3) is 11.3 Å². The molecule has 0 spiro atoms. The Morgan fingerprint density at radius 1 is 1.17 bits per heavy atom. The Labute approximate surface area is 172 Å². The molecule has 1 heterocycles. The van der Waals surface area contributed by atoms with Gasteiger partial charge < -0.3 is 16.4 Å². The highest BCUT2D eigenvalue weighted by molar-refractivity contribution is 5.97. The summed E-state index contributed by atoms with van der Waals surface area (Å²) < 4.78 is 14.3. The third-order valence-electron chi connectivity index (χ3n) is 5.14. The van der Waals surface area contributed by atoms with Crippen LogP contribution in [0.1, 0.15) is 44.4 Å². The van der Waals surface area contributed by atoms with Gasteiger partial charge in [-0.05, 0) is 42.2 Å². The van der Waals surface area contributed by atoms with Crippen LogP contribution in [0.2, 0.25) is 0 Å². The number of benzene rings is 2. The van der Waals surface area contributed by atoms with Crippen molar-refractivity contribution in [2.45, 2.75) is 18.9 Å². The molecule has 2 aromatic carbocycles. The van der Waals surface area contributed by atoms with Crippen LogP contribution in [-0.4, -0.2) is 28.8 Å². The van der Waals surface area contributed by atoms with E-state index >= 15 is 0 Å². The summed E-state index contributed by atoms with van der Waals surface area (Å²) in [6.45, 7) is 0. The number of amides is 2. The minimum Gasteiger partial charge on any atom is -0.382 e. The SMILES string of the molecule is CNC(=O)c1nc(-c2cc(F)cc(C(=O)N[C@H]3CCc4ccccc43)c2)cnc1N. The molecular weight excluding hydrogens is 385 g/mol. The van der Waals surface area contributed by atoms with Crippen LogP contribution < -0.4 is 16.4 Å². The molecule has 4 N–H and O–H groups in total. The lowest BCUT2D eigenvalue weighted by Crippen LogP contribution is -2.27. The molecule has 1 aromatic heterocycles. The van der Waals surface area contributed by atoms with Gasteiger partial charge in [0.05, 0.1) is 17.9 Å². The number of rotatable bonds is 4. The lowest BCUT2D eigenvalue weighted by Gasteiger charge is -2.15. The first-order chi connectivity index (χ1) is 14.5. The van der Waals surface area contributed by atoms with E-state index in [1.807, 2.05) is 24.3 Å². The van der Waals surface area contributed by atoms with E-state index in [2.05, 4.69) is 20.6 Å². The number of carbonyl (C=O) groups excluding carboxylic acids is 2. The van der Waals surface area contributed by atoms with E-state index in [9.17, 15) is 14.0 Å². The van der Waals surface area contributed by atoms with Crippen molar-refractivity contribution in [3.63, 3.8) is 0 Å². The van der Waals surface area contributed by atoms with E-state index < -0.39 is 11.7 Å². The average Bonchev–Trinajstić information content (AvgIpc) is 3.16. The average molecular weight is 405 g/mol. The van der Waals surface area contributed by atoms with E-state index in [4.69, 9.17) is 5.73 Å². The van der Waals surface area contributed by atoms with Crippen LogP contribution >= 0.6 is 0 Å². The number of nitrogen functional groups attached to an aromatic ring is 1. The van der Waals surface area contributed by atoms with Crippen LogP contribution in [0.4, 0.5) is 10.2 Å². The third kappa shape index (κ3) is 3.71. The number of nitrogens with two attached hydrogens (primary N) is 1. The van der Waals surface area contributed by atoms with Crippen LogP contribution in [0.15, 0.2) is 48.7 Å². The zero-order valence-electron chi connectivity index (χ0n) is 16.3. The fourth-order valence-electron chi connectivity index (χ4n) is 3.64. The summed E-state index contributed by atoms with van der Waals surface area (Å²) in [5.74, 6) is -1.51. The zero-order valence-corrected chi connectivity index (χ0v) is 16.3. The topological polar surface area (TPSA) is 110 Å². The lowest BCUT2D eigenvalue weighted by atomic mass is 10.1. The lowest BCUT2D eigenvalue weighted by molar-refractivity contribution is 0.0933. The maximum Gasteiger partial charge on any atom is 0.273 e. The van der Waals surface area contributed by atoms with Gasteiger partial charge >= 0.3 is 0 Å². The minimum atomic E-state index is -0.593. The van der Waals surface area contributed by atoms with Gasteiger partial charge in [-0.25, -0.2) is 14.4 Å². The van der Waals surface area contributed by atoms with E-state index in [-0.39, 0.29) is 34.7 Å². The van der Waals surface area contributed by atoms with E-state index in [1.165, 1.54) is 37.0 Å². The third-order valence-corrected chi connectivity index (χ3v) is 5.14. The first kappa shape index (κ1) is 19.5. The molecule has 0 bridgehead atoms. The van der Waals surface area contributed by atoms with Gasteiger partial charge in [0.1, 0.15) is 5.82 Å². The summed E-state index contributed by atoms with van der Waals surface area (Å²) in [6, 6.07) is 11.8. The Morgan fingerprint density at radius 2 is 1.97 bits per heavy atom. The molecule has 2 amide bonds. The normalized spacial score (nSPS) is 14.8. The molecule has 8 heteroatoms. The van der Waals surface area contributed by atoms with Gasteiger partial charge in [-0.15, -0.1) is 0 Å². The van der Waals surface area contributed by atoms with Crippen LogP contribution in [-0.2, 0) is 6.42 Å². The maximum atomic E-state index is 14.3. The minimum absolute atomic E-state index is 0.0348. The Kier molecular flexibility index (Phi) is 5.14. The van der Waals surface area contributed by atoms with Crippen molar-refractivity contribution in [1.29, 1.82) is 0 Å². The van der Waals surface area contributed by atoms with Crippen molar-refractivity contribution >= 4 is 17.6 Å². The molecule has 152 valence electrons. The molecule has 0 fully saturated rings. The van der Waals surface area contributed by atoms with Gasteiger partial charge in [0.15, 0.2) is 11.5 Å². The fraction of sp³-hybridized carbons (Fsp3) is 0.182. The van der Waals surface area contributed by atoms with E-state index in [1.54, 1.807) is 0 Å². The van der Waals surface area contributed by atoms with Crippen LogP contribution in [0, 0.1) is 5.82 Å². The number of carbonyl (C=O) groups is 2. The van der Waals surface area contributed by atoms with Gasteiger partial charge in [-0.3, -0.25) is 9.59 Å². The number of anilines is 1. The highest BCUT2D eigenvalue weighted by Crippen LogP contribution is 2.31. The number of aryl methyl sites for hydroxylation is 1. The van der Waals surface area contributed by atoms with Crippen molar-refractivity contribution in [1.82, 2.24) is 20.6 Å². The van der Waals surface area contributed by atoms with Crippen LogP contribution in [0.5, 0.6) is 0 Å². The molecule has 0 unspecified atom stereocenters. The van der Waals surface area contributed by atoms with Crippen molar-refractivity contribution in [2.24, 2.45) is 0 Å². The smallest absolute Gasteiger partial charge is 0.273 e. The van der Waals surface area contributed by atoms with Crippen LogP contribution in [0.3, 0.4) is 0 Å². The predicted molar refractivity (Wildman–Crippen MR) is 110 cm³/mol. The summed E-state index contributed by atoms with van der Waals surface area (Å²) in [7, 11) is 1.45. The number of fused-ring (bicyclic) bond motifs is 1. The standard InChI is InChI=1S/C22H20FN5O2/c1-25-22(30)19-20(24)26-11-18(27-19)13-8-14(10-15(23)9-13)21(29)28-17-7-6-12-4-2-3-5-16(12)17/h2-5,8-11,17H,6-7H2,1H3,(H2,24,26)(H,25,30)(H,28,29)/t17-/m0/s1. The fourth-order valence-corrected chi connectivity index (χ4v) is 3.64. The molecule has 30 heavy (non-hydrogen) atoms. The summed E-state index contributed by atoms with van der Waals surface area (Å²) in [5.41, 5.74) is 8.67. The molecule has 1 atom stereocenters. The molecule has 0 aliphatic heterocycles.